The molecule has 290 valence electrons. The van der Waals surface area contributed by atoms with E-state index in [1.54, 1.807) is 52.0 Å². The SMILES string of the molecule is CCC(=O)OCC1(COC(=O)CC)N=c2c(=C3C(=O)C(c4ccc5cccc6c5c4NC(COC(=O)CC)(COC(=O)CC)N6)C3=O)ccc3cccc(c23)N1. The molecule has 4 aromatic rings. The second-order valence-electron chi connectivity index (χ2n) is 14.0. The van der Waals surface area contributed by atoms with E-state index in [9.17, 15) is 28.8 Å². The predicted molar refractivity (Wildman–Crippen MR) is 206 cm³/mol. The van der Waals surface area contributed by atoms with Crippen LogP contribution < -0.4 is 26.5 Å². The molecule has 0 bridgehead atoms. The highest BCUT2D eigenvalue weighted by atomic mass is 16.6. The number of carbonyl (C=O) groups excluding carboxylic acids is 6. The van der Waals surface area contributed by atoms with Gasteiger partial charge in [0.2, 0.25) is 0 Å². The van der Waals surface area contributed by atoms with Crippen LogP contribution in [0.4, 0.5) is 17.1 Å². The Labute approximate surface area is 321 Å². The lowest BCUT2D eigenvalue weighted by atomic mass is 9.70. The molecule has 1 aliphatic carbocycles. The third-order valence-electron chi connectivity index (χ3n) is 10.2. The monoisotopic (exact) mass is 762 g/mol. The van der Waals surface area contributed by atoms with Crippen LogP contribution >= 0.6 is 0 Å². The largest absolute Gasteiger partial charge is 0.461 e. The van der Waals surface area contributed by atoms with Gasteiger partial charge < -0.3 is 34.9 Å². The first-order valence-corrected chi connectivity index (χ1v) is 18.7. The van der Waals surface area contributed by atoms with Crippen LogP contribution in [0.3, 0.4) is 0 Å². The molecule has 56 heavy (non-hydrogen) atoms. The number of nitrogens with zero attached hydrogens (tertiary/aromatic N) is 1. The Morgan fingerprint density at radius 2 is 1.11 bits per heavy atom. The number of benzene rings is 4. The molecular weight excluding hydrogens is 720 g/mol. The van der Waals surface area contributed by atoms with E-state index in [-0.39, 0.29) is 57.7 Å². The number of esters is 4. The van der Waals surface area contributed by atoms with Crippen molar-refractivity contribution in [3.05, 3.63) is 76.8 Å². The molecule has 0 saturated heterocycles. The van der Waals surface area contributed by atoms with Crippen LogP contribution in [0.25, 0.3) is 27.1 Å². The smallest absolute Gasteiger partial charge is 0.305 e. The maximum absolute atomic E-state index is 14.5. The third-order valence-corrected chi connectivity index (χ3v) is 10.2. The maximum atomic E-state index is 14.5. The highest BCUT2D eigenvalue weighted by Crippen LogP contribution is 2.46. The fraction of sp³-hybridized carbons (Fsp3) is 0.357. The summed E-state index contributed by atoms with van der Waals surface area (Å²) in [6, 6.07) is 18.1. The fourth-order valence-electron chi connectivity index (χ4n) is 7.26. The van der Waals surface area contributed by atoms with Crippen LogP contribution in [0.15, 0.2) is 65.7 Å². The minimum absolute atomic E-state index is 0.0492. The Bertz CT molecular complexity index is 2400. The standard InChI is InChI=1S/C42H42N4O10/c1-5-29(47)53-19-41(20-54-30(48)6-2)43-27-13-9-11-23-15-17-25(37(45-41)33(23)27)35-39(51)36(40(35)52)26-18-16-24-12-10-14-28-34(24)38(26)46-42(44-28,21-55-31(49)7-3)22-56-32(50)8-4/h9-18,35,43-45H,5-8,19-22H2,1-4H3. The van der Waals surface area contributed by atoms with Crippen molar-refractivity contribution in [3.63, 3.8) is 0 Å². The lowest BCUT2D eigenvalue weighted by Gasteiger charge is -2.42. The molecule has 1 saturated carbocycles. The summed E-state index contributed by atoms with van der Waals surface area (Å²) >= 11 is 0. The van der Waals surface area contributed by atoms with Crippen molar-refractivity contribution >= 4 is 79.6 Å². The summed E-state index contributed by atoms with van der Waals surface area (Å²) in [5, 5.41) is 13.6. The second kappa shape index (κ2) is 15.1. The minimum Gasteiger partial charge on any atom is -0.461 e. The van der Waals surface area contributed by atoms with E-state index >= 15 is 0 Å². The Hall–Kier alpha value is -6.31. The molecule has 7 rings (SSSR count). The Kier molecular flexibility index (Phi) is 10.2. The van der Waals surface area contributed by atoms with Crippen LogP contribution in [-0.4, -0.2) is 73.2 Å². The molecule has 4 aromatic carbocycles. The van der Waals surface area contributed by atoms with Gasteiger partial charge in [0.1, 0.15) is 32.3 Å². The number of carbonyl (C=O) groups is 6. The number of anilines is 3. The zero-order chi connectivity index (χ0) is 39.8. The van der Waals surface area contributed by atoms with Gasteiger partial charge >= 0.3 is 23.9 Å². The summed E-state index contributed by atoms with van der Waals surface area (Å²) < 4.78 is 22.2. The molecular formula is C42H42N4O10. The zero-order valence-corrected chi connectivity index (χ0v) is 31.5. The molecule has 0 aromatic heterocycles. The van der Waals surface area contributed by atoms with Gasteiger partial charge in [-0.15, -0.1) is 0 Å². The first-order chi connectivity index (χ1) is 27.0. The molecule has 2 aliphatic heterocycles. The van der Waals surface area contributed by atoms with Gasteiger partial charge in [-0.05, 0) is 28.5 Å². The van der Waals surface area contributed by atoms with E-state index in [1.165, 1.54) is 0 Å². The molecule has 1 fully saturated rings. The van der Waals surface area contributed by atoms with E-state index in [4.69, 9.17) is 23.9 Å². The van der Waals surface area contributed by atoms with Crippen molar-refractivity contribution in [1.29, 1.82) is 0 Å². The van der Waals surface area contributed by atoms with Crippen LogP contribution in [0.2, 0.25) is 0 Å². The van der Waals surface area contributed by atoms with Crippen LogP contribution in [0.1, 0.15) is 64.9 Å². The topological polar surface area (TPSA) is 188 Å². The highest BCUT2D eigenvalue weighted by Gasteiger charge is 2.49. The normalized spacial score (nSPS) is 17.1. The summed E-state index contributed by atoms with van der Waals surface area (Å²) in [4.78, 5) is 83.3. The van der Waals surface area contributed by atoms with Crippen LogP contribution in [-0.2, 0) is 47.7 Å². The second-order valence-corrected chi connectivity index (χ2v) is 14.0. The average molecular weight is 763 g/mol. The molecule has 3 N–H and O–H groups in total. The van der Waals surface area contributed by atoms with Crippen molar-refractivity contribution in [2.24, 2.45) is 4.99 Å². The number of rotatable bonds is 13. The minimum atomic E-state index is -1.45. The van der Waals surface area contributed by atoms with Gasteiger partial charge in [-0.25, -0.2) is 4.99 Å². The lowest BCUT2D eigenvalue weighted by molar-refractivity contribution is -0.150. The number of nitrogens with one attached hydrogen (secondary N) is 3. The number of ether oxygens (including phenoxy) is 4. The number of ketones is 2. The van der Waals surface area contributed by atoms with Gasteiger partial charge in [-0.1, -0.05) is 76.2 Å². The molecule has 0 radical (unpaired) electrons. The molecule has 0 spiro atoms. The van der Waals surface area contributed by atoms with E-state index < -0.39 is 52.7 Å². The molecule has 2 heterocycles. The van der Waals surface area contributed by atoms with Crippen molar-refractivity contribution < 1.29 is 47.7 Å². The number of hydrogen-bond donors (Lipinski definition) is 3. The van der Waals surface area contributed by atoms with Gasteiger partial charge in [-0.3, -0.25) is 28.8 Å². The van der Waals surface area contributed by atoms with E-state index in [1.807, 2.05) is 36.4 Å². The molecule has 0 atom stereocenters. The van der Waals surface area contributed by atoms with E-state index in [2.05, 4.69) is 16.0 Å². The number of Topliss-reactive ketones (excluding diaryl/α,β-unsaturated/α-hetero) is 2. The van der Waals surface area contributed by atoms with Crippen LogP contribution in [0.5, 0.6) is 0 Å². The van der Waals surface area contributed by atoms with Crippen LogP contribution in [0, 0.1) is 0 Å². The molecule has 0 amide bonds. The average Bonchev–Trinajstić information content (AvgIpc) is 3.22. The Balaban J connectivity index is 1.35. The first-order valence-electron chi connectivity index (χ1n) is 18.7. The fourth-order valence-corrected chi connectivity index (χ4v) is 7.26. The van der Waals surface area contributed by atoms with Gasteiger partial charge in [0.05, 0.1) is 16.6 Å². The summed E-state index contributed by atoms with van der Waals surface area (Å²) in [5.74, 6) is -3.96. The first kappa shape index (κ1) is 38.0. The van der Waals surface area contributed by atoms with Crippen molar-refractivity contribution in [1.82, 2.24) is 0 Å². The Morgan fingerprint density at radius 3 is 1.66 bits per heavy atom. The Morgan fingerprint density at radius 1 is 0.607 bits per heavy atom. The predicted octanol–water partition coefficient (Wildman–Crippen LogP) is 4.17. The van der Waals surface area contributed by atoms with Gasteiger partial charge in [0, 0.05) is 53.0 Å². The zero-order valence-electron chi connectivity index (χ0n) is 31.5. The molecule has 14 heteroatoms. The van der Waals surface area contributed by atoms with Crippen molar-refractivity contribution in [2.75, 3.05) is 42.4 Å². The summed E-state index contributed by atoms with van der Waals surface area (Å²) in [7, 11) is 0. The maximum Gasteiger partial charge on any atom is 0.305 e. The molecule has 0 unspecified atom stereocenters. The van der Waals surface area contributed by atoms with Gasteiger partial charge in [0.15, 0.2) is 22.9 Å². The lowest BCUT2D eigenvalue weighted by Crippen LogP contribution is -2.56. The third kappa shape index (κ3) is 6.80. The summed E-state index contributed by atoms with van der Waals surface area (Å²) in [6.07, 6.45) is 0.480. The van der Waals surface area contributed by atoms with Crippen molar-refractivity contribution in [3.8, 4) is 0 Å². The molecule has 3 aliphatic rings. The number of hydrogen-bond acceptors (Lipinski definition) is 14. The van der Waals surface area contributed by atoms with Gasteiger partial charge in [-0.2, -0.15) is 0 Å². The quantitative estimate of drug-likeness (QED) is 0.100. The van der Waals surface area contributed by atoms with Crippen molar-refractivity contribution in [2.45, 2.75) is 70.6 Å². The summed E-state index contributed by atoms with van der Waals surface area (Å²) in [6.45, 7) is 5.62. The van der Waals surface area contributed by atoms with Gasteiger partial charge in [0.25, 0.3) is 0 Å². The summed E-state index contributed by atoms with van der Waals surface area (Å²) in [5.41, 5.74) is -0.739. The van der Waals surface area contributed by atoms with E-state index in [0.29, 0.717) is 44.0 Å². The highest BCUT2D eigenvalue weighted by molar-refractivity contribution is 6.59. The molecule has 14 nitrogen and oxygen atoms in total. The van der Waals surface area contributed by atoms with E-state index in [0.717, 1.165) is 10.8 Å².